The average molecular weight is 737 g/mol. The first kappa shape index (κ1) is 30.3. The van der Waals surface area contributed by atoms with Gasteiger partial charge in [0.25, 0.3) is 0 Å². The third-order valence-electron chi connectivity index (χ3n) is 5.64. The first-order valence-electron chi connectivity index (χ1n) is 10.7. The van der Waals surface area contributed by atoms with Crippen molar-refractivity contribution < 1.29 is 60.6 Å². The van der Waals surface area contributed by atoms with Crippen LogP contribution in [0, 0.1) is 12.1 Å². The van der Waals surface area contributed by atoms with Gasteiger partial charge in [-0.25, -0.2) is 0 Å². The molecule has 4 aromatic rings. The van der Waals surface area contributed by atoms with Crippen LogP contribution < -0.4 is 0 Å². The summed E-state index contributed by atoms with van der Waals surface area (Å²) >= 11 is 0. The van der Waals surface area contributed by atoms with E-state index in [0.717, 1.165) is 23.0 Å². The molecule has 0 bridgehead atoms. The second kappa shape index (κ2) is 10.4. The second-order valence-electron chi connectivity index (χ2n) is 8.64. The van der Waals surface area contributed by atoms with Crippen LogP contribution in [0.15, 0.2) is 54.9 Å². The number of pyridine rings is 2. The molecule has 0 spiro atoms. The van der Waals surface area contributed by atoms with E-state index < -0.39 is 52.0 Å². The molecule has 208 valence electrons. The van der Waals surface area contributed by atoms with Crippen molar-refractivity contribution in [2.75, 3.05) is 0 Å². The van der Waals surface area contributed by atoms with E-state index in [4.69, 9.17) is 0 Å². The van der Waals surface area contributed by atoms with Crippen LogP contribution in [-0.2, 0) is 45.0 Å². The Kier molecular flexibility index (Phi) is 8.09. The molecule has 0 N–H and O–H groups in total. The number of alkyl halides is 9. The quantitative estimate of drug-likeness (QED) is 0.163. The summed E-state index contributed by atoms with van der Waals surface area (Å²) in [6.45, 7) is 2.68. The summed E-state index contributed by atoms with van der Waals surface area (Å²) in [5.74, 6) is 0. The molecule has 4 rings (SSSR count). The van der Waals surface area contributed by atoms with Crippen molar-refractivity contribution in [2.45, 2.75) is 37.8 Å². The zero-order chi connectivity index (χ0) is 28.1. The van der Waals surface area contributed by atoms with Gasteiger partial charge in [0.2, 0.25) is 0 Å². The molecule has 0 fully saturated rings. The summed E-state index contributed by atoms with van der Waals surface area (Å²) in [7, 11) is 0. The summed E-state index contributed by atoms with van der Waals surface area (Å²) in [5.41, 5.74) is -6.62. The van der Waals surface area contributed by atoms with Crippen molar-refractivity contribution in [3.05, 3.63) is 95.2 Å². The Morgan fingerprint density at radius 1 is 0.795 bits per heavy atom. The van der Waals surface area contributed by atoms with Crippen LogP contribution in [0.3, 0.4) is 0 Å². The number of benzene rings is 1. The topological polar surface area (TPSA) is 43.6 Å². The standard InChI is InChI=1S/C25H15F9N4.Pt/c1-22(2,19-7-3-6-18(36-19)16-5-4-12-35-20(16)25(32,33)34)21-17(24(29,30)31)13-38(37-21)15-10-8-14(9-11-15)23(26,27)28;/h3-4,6-10,12-13H,1-2H3;/q-2;+2. The maximum Gasteiger partial charge on any atom is 2.00 e. The van der Waals surface area contributed by atoms with Crippen molar-refractivity contribution in [2.24, 2.45) is 0 Å². The molecule has 14 heteroatoms. The molecular formula is C25H15F9N4Pt. The summed E-state index contributed by atoms with van der Waals surface area (Å²) in [4.78, 5) is 7.53. The van der Waals surface area contributed by atoms with Crippen molar-refractivity contribution >= 4 is 0 Å². The Labute approximate surface area is 230 Å². The van der Waals surface area contributed by atoms with Crippen LogP contribution in [0.25, 0.3) is 16.9 Å². The molecule has 0 atom stereocenters. The Balaban J connectivity index is 0.00000420. The van der Waals surface area contributed by atoms with Gasteiger partial charge in [-0.3, -0.25) is 4.68 Å². The van der Waals surface area contributed by atoms with Crippen molar-refractivity contribution in [1.82, 2.24) is 19.7 Å². The van der Waals surface area contributed by atoms with E-state index in [1.165, 1.54) is 32.0 Å². The number of hydrogen-bond donors (Lipinski definition) is 0. The molecular weight excluding hydrogens is 722 g/mol. The number of rotatable bonds is 4. The number of halogens is 9. The van der Waals surface area contributed by atoms with E-state index >= 15 is 0 Å². The maximum absolute atomic E-state index is 14.0. The smallest absolute Gasteiger partial charge is 0.348 e. The second-order valence-corrected chi connectivity index (χ2v) is 8.64. The Bertz CT molecular complexity index is 1450. The van der Waals surface area contributed by atoms with Gasteiger partial charge < -0.3 is 9.97 Å². The van der Waals surface area contributed by atoms with Gasteiger partial charge in [0.05, 0.1) is 22.4 Å². The van der Waals surface area contributed by atoms with Gasteiger partial charge >= 0.3 is 39.6 Å². The van der Waals surface area contributed by atoms with Crippen molar-refractivity contribution in [1.29, 1.82) is 0 Å². The van der Waals surface area contributed by atoms with Gasteiger partial charge in [0, 0.05) is 11.9 Å². The van der Waals surface area contributed by atoms with Crippen molar-refractivity contribution in [3.8, 4) is 16.9 Å². The molecule has 1 aromatic carbocycles. The molecule has 0 aliphatic rings. The predicted molar refractivity (Wildman–Crippen MR) is 116 cm³/mol. The monoisotopic (exact) mass is 737 g/mol. The van der Waals surface area contributed by atoms with Crippen LogP contribution in [0.2, 0.25) is 0 Å². The van der Waals surface area contributed by atoms with Gasteiger partial charge in [-0.15, -0.1) is 18.2 Å². The molecule has 0 saturated carbocycles. The zero-order valence-electron chi connectivity index (χ0n) is 19.7. The minimum atomic E-state index is -4.92. The minimum absolute atomic E-state index is 0. The molecule has 3 aromatic heterocycles. The molecule has 0 unspecified atom stereocenters. The van der Waals surface area contributed by atoms with Crippen LogP contribution in [-0.4, -0.2) is 19.7 Å². The van der Waals surface area contributed by atoms with E-state index in [1.54, 1.807) is 0 Å². The maximum atomic E-state index is 14.0. The van der Waals surface area contributed by atoms with Crippen LogP contribution in [0.1, 0.15) is 42.1 Å². The van der Waals surface area contributed by atoms with E-state index in [9.17, 15) is 39.5 Å². The average Bonchev–Trinajstić information content (AvgIpc) is 3.31. The predicted octanol–water partition coefficient (Wildman–Crippen LogP) is 7.31. The number of aromatic nitrogens is 4. The van der Waals surface area contributed by atoms with Crippen LogP contribution in [0.5, 0.6) is 0 Å². The summed E-state index contributed by atoms with van der Waals surface area (Å²) in [6, 6.07) is 11.9. The van der Waals surface area contributed by atoms with Crippen molar-refractivity contribution in [3.63, 3.8) is 0 Å². The Morgan fingerprint density at radius 3 is 2.05 bits per heavy atom. The normalized spacial score (nSPS) is 12.8. The Hall–Kier alpha value is -3.21. The molecule has 0 radical (unpaired) electrons. The largest absolute Gasteiger partial charge is 2.00 e. The van der Waals surface area contributed by atoms with E-state index in [0.29, 0.717) is 18.3 Å². The fraction of sp³-hybridized carbons (Fsp3) is 0.240. The third kappa shape index (κ3) is 6.18. The fourth-order valence-electron chi connectivity index (χ4n) is 3.72. The van der Waals surface area contributed by atoms with Crippen LogP contribution >= 0.6 is 0 Å². The van der Waals surface area contributed by atoms with Gasteiger partial charge in [-0.1, -0.05) is 29.5 Å². The van der Waals surface area contributed by atoms with E-state index in [-0.39, 0.29) is 38.1 Å². The molecule has 39 heavy (non-hydrogen) atoms. The molecule has 4 nitrogen and oxygen atoms in total. The van der Waals surface area contributed by atoms with E-state index in [2.05, 4.69) is 27.2 Å². The molecule has 3 heterocycles. The molecule has 0 amide bonds. The fourth-order valence-corrected chi connectivity index (χ4v) is 3.72. The van der Waals surface area contributed by atoms with Gasteiger partial charge in [0.15, 0.2) is 0 Å². The van der Waals surface area contributed by atoms with Gasteiger partial charge in [-0.2, -0.15) is 62.8 Å². The molecule has 0 aliphatic heterocycles. The van der Waals surface area contributed by atoms with E-state index in [1.807, 2.05) is 0 Å². The summed E-state index contributed by atoms with van der Waals surface area (Å²) < 4.78 is 122. The summed E-state index contributed by atoms with van der Waals surface area (Å²) in [6.07, 6.45) is -12.9. The number of nitrogens with zero attached hydrogens (tertiary/aromatic N) is 4. The van der Waals surface area contributed by atoms with Gasteiger partial charge in [0.1, 0.15) is 0 Å². The first-order valence-corrected chi connectivity index (χ1v) is 10.7. The SMILES string of the molecule is CC(C)(c1cccc(-c2[c-]ccnc2C(F)(F)F)n1)c1nn(-c2[c-]cc(C(F)(F)F)cc2)cc1C(F)(F)F.[Pt+2]. The third-order valence-corrected chi connectivity index (χ3v) is 5.64. The first-order chi connectivity index (χ1) is 17.5. The zero-order valence-corrected chi connectivity index (χ0v) is 22.0. The van der Waals surface area contributed by atoms with Gasteiger partial charge in [-0.05, 0) is 31.3 Å². The summed E-state index contributed by atoms with van der Waals surface area (Å²) in [5, 5.41) is 3.99. The Morgan fingerprint density at radius 2 is 1.49 bits per heavy atom. The van der Waals surface area contributed by atoms with Crippen LogP contribution in [0.4, 0.5) is 39.5 Å². The molecule has 0 saturated heterocycles. The number of hydrogen-bond acceptors (Lipinski definition) is 3. The minimum Gasteiger partial charge on any atom is -0.348 e. The molecule has 0 aliphatic carbocycles.